The highest BCUT2D eigenvalue weighted by Gasteiger charge is 2.21. The number of carbonyl (C=O) groups is 2. The molecule has 2 amide bonds. The van der Waals surface area contributed by atoms with Crippen LogP contribution in [-0.4, -0.2) is 29.6 Å². The minimum Gasteiger partial charge on any atom is -0.347 e. The molecule has 106 valence electrons. The first-order valence-corrected chi connectivity index (χ1v) is 6.34. The summed E-state index contributed by atoms with van der Waals surface area (Å²) in [6.07, 6.45) is 0.610. The number of carbonyl (C=O) groups excluding carboxylic acids is 2. The molecule has 0 saturated carbocycles. The summed E-state index contributed by atoms with van der Waals surface area (Å²) in [5, 5.41) is 7.77. The number of nitrogens with one attached hydrogen (secondary N) is 1. The molecule has 0 fully saturated rings. The molecule has 6 heteroatoms. The van der Waals surface area contributed by atoms with E-state index in [1.807, 2.05) is 0 Å². The lowest BCUT2D eigenvalue weighted by Crippen LogP contribution is -2.37. The molecule has 2 rings (SSSR count). The summed E-state index contributed by atoms with van der Waals surface area (Å²) in [4.78, 5) is 23.2. The van der Waals surface area contributed by atoms with E-state index in [0.29, 0.717) is 23.3 Å². The lowest BCUT2D eigenvalue weighted by molar-refractivity contribution is -0.130. The van der Waals surface area contributed by atoms with E-state index in [0.717, 1.165) is 0 Å². The van der Waals surface area contributed by atoms with E-state index < -0.39 is 0 Å². The van der Waals surface area contributed by atoms with Crippen molar-refractivity contribution in [1.82, 2.24) is 10.3 Å². The Morgan fingerprint density at radius 3 is 2.85 bits per heavy atom. The van der Waals surface area contributed by atoms with Crippen molar-refractivity contribution in [2.45, 2.75) is 26.3 Å². The predicted octanol–water partition coefficient (Wildman–Crippen LogP) is 1.36. The van der Waals surface area contributed by atoms with E-state index in [2.05, 4.69) is 10.4 Å². The fourth-order valence-electron chi connectivity index (χ4n) is 1.86. The number of halogens is 1. The summed E-state index contributed by atoms with van der Waals surface area (Å²) in [5.74, 6) is -0.732. The Hall–Kier alpha value is -2.24. The van der Waals surface area contributed by atoms with Gasteiger partial charge in [-0.05, 0) is 24.1 Å². The molecule has 0 aliphatic carbocycles. The molecule has 0 aromatic heterocycles. The quantitative estimate of drug-likeness (QED) is 0.906. The average molecular weight is 277 g/mol. The van der Waals surface area contributed by atoms with Crippen molar-refractivity contribution in [2.75, 3.05) is 7.05 Å². The third kappa shape index (κ3) is 3.20. The molecule has 0 unspecified atom stereocenters. The summed E-state index contributed by atoms with van der Waals surface area (Å²) in [6.45, 7) is 1.91. The van der Waals surface area contributed by atoms with Crippen molar-refractivity contribution in [2.24, 2.45) is 5.10 Å². The zero-order valence-corrected chi connectivity index (χ0v) is 11.4. The molecule has 0 radical (unpaired) electrons. The Morgan fingerprint density at radius 1 is 1.45 bits per heavy atom. The minimum atomic E-state index is -0.328. The number of hydrazone groups is 1. The lowest BCUT2D eigenvalue weighted by atomic mass is 10.1. The van der Waals surface area contributed by atoms with E-state index in [-0.39, 0.29) is 30.6 Å². The second-order valence-electron chi connectivity index (χ2n) is 4.73. The van der Waals surface area contributed by atoms with Crippen LogP contribution in [0, 0.1) is 12.7 Å². The maximum Gasteiger partial charge on any atom is 0.267 e. The summed E-state index contributed by atoms with van der Waals surface area (Å²) in [7, 11) is 1.52. The maximum absolute atomic E-state index is 13.4. The largest absolute Gasteiger partial charge is 0.347 e. The van der Waals surface area contributed by atoms with E-state index >= 15 is 0 Å². The molecule has 5 nitrogen and oxygen atoms in total. The van der Waals surface area contributed by atoms with Crippen LogP contribution in [0.2, 0.25) is 0 Å². The van der Waals surface area contributed by atoms with Gasteiger partial charge < -0.3 is 5.32 Å². The Morgan fingerprint density at radius 2 is 2.20 bits per heavy atom. The van der Waals surface area contributed by atoms with Crippen LogP contribution in [0.3, 0.4) is 0 Å². The number of benzene rings is 1. The molecule has 1 heterocycles. The topological polar surface area (TPSA) is 61.8 Å². The van der Waals surface area contributed by atoms with Gasteiger partial charge in [0, 0.05) is 26.4 Å². The van der Waals surface area contributed by atoms with Crippen LogP contribution in [-0.2, 0) is 16.1 Å². The normalized spacial score (nSPS) is 15.1. The van der Waals surface area contributed by atoms with Crippen molar-refractivity contribution in [3.05, 3.63) is 35.1 Å². The van der Waals surface area contributed by atoms with Crippen molar-refractivity contribution in [3.63, 3.8) is 0 Å². The van der Waals surface area contributed by atoms with Crippen LogP contribution >= 0.6 is 0 Å². The Balaban J connectivity index is 1.97. The van der Waals surface area contributed by atoms with Crippen LogP contribution in [0.5, 0.6) is 0 Å². The average Bonchev–Trinajstić information content (AvgIpc) is 2.43. The molecule has 1 aliphatic heterocycles. The van der Waals surface area contributed by atoms with Crippen LogP contribution in [0.4, 0.5) is 4.39 Å². The van der Waals surface area contributed by atoms with Gasteiger partial charge in [-0.2, -0.15) is 5.10 Å². The van der Waals surface area contributed by atoms with Gasteiger partial charge in [-0.1, -0.05) is 12.1 Å². The molecule has 1 aromatic rings. The Kier molecular flexibility index (Phi) is 4.12. The first-order valence-electron chi connectivity index (χ1n) is 6.34. The highest BCUT2D eigenvalue weighted by atomic mass is 19.1. The van der Waals surface area contributed by atoms with Crippen molar-refractivity contribution >= 4 is 17.5 Å². The molecule has 0 saturated heterocycles. The highest BCUT2D eigenvalue weighted by molar-refractivity contribution is 6.39. The van der Waals surface area contributed by atoms with Crippen molar-refractivity contribution in [3.8, 4) is 0 Å². The fourth-order valence-corrected chi connectivity index (χ4v) is 1.86. The molecule has 1 aliphatic rings. The predicted molar refractivity (Wildman–Crippen MR) is 72.4 cm³/mol. The van der Waals surface area contributed by atoms with Crippen LogP contribution in [0.1, 0.15) is 24.0 Å². The monoisotopic (exact) mass is 277 g/mol. The van der Waals surface area contributed by atoms with Gasteiger partial charge >= 0.3 is 0 Å². The Bertz CT molecular complexity index is 584. The van der Waals surface area contributed by atoms with Gasteiger partial charge in [0.2, 0.25) is 5.91 Å². The number of aryl methyl sites for hydroxylation is 1. The summed E-state index contributed by atoms with van der Waals surface area (Å²) >= 11 is 0. The standard InChI is InChI=1S/C14H16FN3O2/c1-9-3-4-10(7-11(9)15)8-16-14(20)12-5-6-13(19)18(2)17-12/h3-4,7H,5-6,8H2,1-2H3,(H,16,20). The molecule has 1 aromatic carbocycles. The summed E-state index contributed by atoms with van der Waals surface area (Å²) < 4.78 is 13.4. The highest BCUT2D eigenvalue weighted by Crippen LogP contribution is 2.10. The van der Waals surface area contributed by atoms with Gasteiger partial charge in [-0.3, -0.25) is 9.59 Å². The van der Waals surface area contributed by atoms with Gasteiger partial charge in [0.1, 0.15) is 11.5 Å². The minimum absolute atomic E-state index is 0.109. The maximum atomic E-state index is 13.4. The van der Waals surface area contributed by atoms with Crippen molar-refractivity contribution < 1.29 is 14.0 Å². The second-order valence-corrected chi connectivity index (χ2v) is 4.73. The molecule has 0 spiro atoms. The zero-order valence-electron chi connectivity index (χ0n) is 11.4. The fraction of sp³-hybridized carbons (Fsp3) is 0.357. The zero-order chi connectivity index (χ0) is 14.7. The van der Waals surface area contributed by atoms with Crippen molar-refractivity contribution in [1.29, 1.82) is 0 Å². The van der Waals surface area contributed by atoms with E-state index in [1.165, 1.54) is 18.1 Å². The summed E-state index contributed by atoms with van der Waals surface area (Å²) in [5.41, 5.74) is 1.57. The number of rotatable bonds is 3. The van der Waals surface area contributed by atoms with Gasteiger partial charge in [-0.25, -0.2) is 9.40 Å². The third-order valence-electron chi connectivity index (χ3n) is 3.16. The van der Waals surface area contributed by atoms with Gasteiger partial charge in [0.05, 0.1) is 0 Å². The van der Waals surface area contributed by atoms with E-state index in [4.69, 9.17) is 0 Å². The number of amides is 2. The van der Waals surface area contributed by atoms with Crippen LogP contribution in [0.25, 0.3) is 0 Å². The second kappa shape index (κ2) is 5.81. The smallest absolute Gasteiger partial charge is 0.267 e. The molecular weight excluding hydrogens is 261 g/mol. The first-order chi connectivity index (χ1) is 9.47. The first kappa shape index (κ1) is 14.2. The molecule has 0 bridgehead atoms. The molecule has 0 atom stereocenters. The lowest BCUT2D eigenvalue weighted by Gasteiger charge is -2.18. The Labute approximate surface area is 116 Å². The van der Waals surface area contributed by atoms with Crippen LogP contribution in [0.15, 0.2) is 23.3 Å². The van der Waals surface area contributed by atoms with E-state index in [1.54, 1.807) is 19.1 Å². The third-order valence-corrected chi connectivity index (χ3v) is 3.16. The number of hydrogen-bond donors (Lipinski definition) is 1. The van der Waals surface area contributed by atoms with Gasteiger partial charge in [0.25, 0.3) is 5.91 Å². The van der Waals surface area contributed by atoms with Crippen LogP contribution < -0.4 is 5.32 Å². The molecule has 20 heavy (non-hydrogen) atoms. The number of hydrogen-bond acceptors (Lipinski definition) is 3. The SMILES string of the molecule is Cc1ccc(CNC(=O)C2=NN(C)C(=O)CC2)cc1F. The molecular formula is C14H16FN3O2. The number of nitrogens with zero attached hydrogens (tertiary/aromatic N) is 2. The summed E-state index contributed by atoms with van der Waals surface area (Å²) in [6, 6.07) is 4.83. The van der Waals surface area contributed by atoms with Gasteiger partial charge in [0.15, 0.2) is 0 Å². The molecule has 1 N–H and O–H groups in total. The van der Waals surface area contributed by atoms with Gasteiger partial charge in [-0.15, -0.1) is 0 Å². The van der Waals surface area contributed by atoms with E-state index in [9.17, 15) is 14.0 Å².